The summed E-state index contributed by atoms with van der Waals surface area (Å²) in [6.45, 7) is 7.93. The van der Waals surface area contributed by atoms with Crippen LogP contribution >= 0.6 is 0 Å². The fraction of sp³-hybridized carbons (Fsp3) is 0.529. The number of hydrogen-bond donors (Lipinski definition) is 1. The van der Waals surface area contributed by atoms with Crippen molar-refractivity contribution in [1.29, 1.82) is 0 Å². The molecule has 1 amide bonds. The number of rotatable bonds is 3. The lowest BCUT2D eigenvalue weighted by Crippen LogP contribution is -2.40. The zero-order chi connectivity index (χ0) is 17.2. The van der Waals surface area contributed by atoms with Crippen molar-refractivity contribution in [3.8, 4) is 0 Å². The van der Waals surface area contributed by atoms with E-state index in [-0.39, 0.29) is 17.4 Å². The fourth-order valence-electron chi connectivity index (χ4n) is 2.70. The minimum Gasteiger partial charge on any atom is -0.444 e. The van der Waals surface area contributed by atoms with Crippen molar-refractivity contribution >= 4 is 17.6 Å². The number of Topliss-reactive ketones (excluding diaryl/α,β-unsaturated/α-hetero) is 1. The van der Waals surface area contributed by atoms with E-state index in [2.05, 4.69) is 5.32 Å². The van der Waals surface area contributed by atoms with Crippen molar-refractivity contribution in [2.45, 2.75) is 45.8 Å². The van der Waals surface area contributed by atoms with E-state index in [1.165, 1.54) is 13.0 Å². The van der Waals surface area contributed by atoms with Crippen molar-refractivity contribution in [1.82, 2.24) is 5.32 Å². The van der Waals surface area contributed by atoms with E-state index in [0.717, 1.165) is 0 Å². The topological polar surface area (TPSA) is 58.6 Å². The minimum atomic E-state index is -0.549. The van der Waals surface area contributed by atoms with Crippen molar-refractivity contribution in [2.75, 3.05) is 18.0 Å². The number of carbonyl (C=O) groups excluding carboxylic acids is 2. The first-order valence-corrected chi connectivity index (χ1v) is 7.71. The summed E-state index contributed by atoms with van der Waals surface area (Å²) < 4.78 is 19.1. The van der Waals surface area contributed by atoms with Crippen LogP contribution in [-0.2, 0) is 4.74 Å². The molecule has 0 aliphatic carbocycles. The number of benzene rings is 1. The number of anilines is 1. The van der Waals surface area contributed by atoms with Gasteiger partial charge in [0.25, 0.3) is 0 Å². The van der Waals surface area contributed by atoms with Gasteiger partial charge in [-0.05, 0) is 46.2 Å². The summed E-state index contributed by atoms with van der Waals surface area (Å²) in [7, 11) is 0. The molecule has 126 valence electrons. The van der Waals surface area contributed by atoms with Crippen molar-refractivity contribution in [3.63, 3.8) is 0 Å². The number of ketones is 1. The maximum absolute atomic E-state index is 13.9. The zero-order valence-corrected chi connectivity index (χ0v) is 14.0. The molecule has 1 atom stereocenters. The van der Waals surface area contributed by atoms with Crippen LogP contribution in [0.5, 0.6) is 0 Å². The summed E-state index contributed by atoms with van der Waals surface area (Å²) in [4.78, 5) is 25.4. The Kier molecular flexibility index (Phi) is 4.92. The molecule has 1 saturated heterocycles. The van der Waals surface area contributed by atoms with Gasteiger partial charge in [-0.2, -0.15) is 0 Å². The molecule has 1 aliphatic rings. The first kappa shape index (κ1) is 17.2. The molecule has 0 bridgehead atoms. The summed E-state index contributed by atoms with van der Waals surface area (Å²) in [5, 5.41) is 2.82. The van der Waals surface area contributed by atoms with E-state index in [9.17, 15) is 14.0 Å². The van der Waals surface area contributed by atoms with Gasteiger partial charge in [-0.15, -0.1) is 0 Å². The lowest BCUT2D eigenvalue weighted by molar-refractivity contribution is 0.0508. The third-order valence-corrected chi connectivity index (χ3v) is 3.59. The number of nitrogens with zero attached hydrogens (tertiary/aromatic N) is 1. The van der Waals surface area contributed by atoms with Gasteiger partial charge >= 0.3 is 6.09 Å². The number of nitrogens with one attached hydrogen (secondary N) is 1. The molecule has 1 aliphatic heterocycles. The lowest BCUT2D eigenvalue weighted by atomic mass is 10.1. The number of ether oxygens (including phenoxy) is 1. The van der Waals surface area contributed by atoms with Gasteiger partial charge in [0.05, 0.1) is 17.3 Å². The molecule has 2 rings (SSSR count). The largest absolute Gasteiger partial charge is 0.444 e. The van der Waals surface area contributed by atoms with Crippen LogP contribution in [0, 0.1) is 5.82 Å². The molecular formula is C17H23FN2O3. The number of halogens is 1. The highest BCUT2D eigenvalue weighted by Crippen LogP contribution is 2.27. The Balaban J connectivity index is 2.05. The van der Waals surface area contributed by atoms with E-state index in [4.69, 9.17) is 4.74 Å². The highest BCUT2D eigenvalue weighted by molar-refractivity contribution is 6.00. The summed E-state index contributed by atoms with van der Waals surface area (Å²) in [6, 6.07) is 4.52. The summed E-state index contributed by atoms with van der Waals surface area (Å²) in [5.74, 6) is -0.819. The van der Waals surface area contributed by atoms with Gasteiger partial charge in [-0.3, -0.25) is 4.79 Å². The minimum absolute atomic E-state index is 0.0899. The Morgan fingerprint density at radius 1 is 1.35 bits per heavy atom. The van der Waals surface area contributed by atoms with Gasteiger partial charge in [0.15, 0.2) is 5.78 Å². The van der Waals surface area contributed by atoms with Gasteiger partial charge in [-0.1, -0.05) is 6.07 Å². The molecule has 0 spiro atoms. The molecule has 1 N–H and O–H groups in total. The third-order valence-electron chi connectivity index (χ3n) is 3.59. The SMILES string of the molecule is CC(=O)c1c(F)cccc1N1CC[C@@H](NC(=O)OC(C)(C)C)C1. The normalized spacial score (nSPS) is 18.0. The van der Waals surface area contributed by atoms with Crippen molar-refractivity contribution in [2.24, 2.45) is 0 Å². The molecule has 0 saturated carbocycles. The van der Waals surface area contributed by atoms with Crippen LogP contribution in [0.15, 0.2) is 18.2 Å². The molecule has 1 heterocycles. The zero-order valence-electron chi connectivity index (χ0n) is 14.0. The Labute approximate surface area is 135 Å². The first-order chi connectivity index (χ1) is 10.7. The van der Waals surface area contributed by atoms with Crippen LogP contribution in [0.2, 0.25) is 0 Å². The van der Waals surface area contributed by atoms with E-state index < -0.39 is 17.5 Å². The number of carbonyl (C=O) groups is 2. The highest BCUT2D eigenvalue weighted by Gasteiger charge is 2.28. The molecule has 1 aromatic carbocycles. The Hall–Kier alpha value is -2.11. The van der Waals surface area contributed by atoms with E-state index in [0.29, 0.717) is 25.2 Å². The van der Waals surface area contributed by atoms with Gasteiger partial charge in [-0.25, -0.2) is 9.18 Å². The highest BCUT2D eigenvalue weighted by atomic mass is 19.1. The smallest absolute Gasteiger partial charge is 0.407 e. The first-order valence-electron chi connectivity index (χ1n) is 7.71. The average molecular weight is 322 g/mol. The van der Waals surface area contributed by atoms with Crippen LogP contribution in [0.25, 0.3) is 0 Å². The van der Waals surface area contributed by atoms with Gasteiger partial charge in [0.1, 0.15) is 11.4 Å². The second-order valence-electron chi connectivity index (χ2n) is 6.77. The Bertz CT molecular complexity index is 610. The molecule has 1 fully saturated rings. The Morgan fingerprint density at radius 3 is 2.65 bits per heavy atom. The molecule has 5 nitrogen and oxygen atoms in total. The van der Waals surface area contributed by atoms with Crippen LogP contribution in [-0.4, -0.2) is 36.6 Å². The molecular weight excluding hydrogens is 299 g/mol. The van der Waals surface area contributed by atoms with E-state index in [1.807, 2.05) is 4.90 Å². The average Bonchev–Trinajstić information content (AvgIpc) is 2.83. The molecule has 6 heteroatoms. The summed E-state index contributed by atoms with van der Waals surface area (Å²) in [5.41, 5.74) is 0.128. The van der Waals surface area contributed by atoms with Crippen molar-refractivity contribution in [3.05, 3.63) is 29.6 Å². The third kappa shape index (κ3) is 4.43. The second kappa shape index (κ2) is 6.56. The molecule has 0 radical (unpaired) electrons. The maximum Gasteiger partial charge on any atom is 0.407 e. The summed E-state index contributed by atoms with van der Waals surface area (Å²) in [6.07, 6.45) is 0.253. The van der Waals surface area contributed by atoms with Crippen LogP contribution in [0.3, 0.4) is 0 Å². The summed E-state index contributed by atoms with van der Waals surface area (Å²) >= 11 is 0. The quantitative estimate of drug-likeness (QED) is 0.869. The molecule has 1 aromatic rings. The van der Waals surface area contributed by atoms with Crippen LogP contribution in [0.1, 0.15) is 44.5 Å². The van der Waals surface area contributed by atoms with Crippen LogP contribution in [0.4, 0.5) is 14.9 Å². The molecule has 0 aromatic heterocycles. The number of alkyl carbamates (subject to hydrolysis) is 1. The standard InChI is InChI=1S/C17H23FN2O3/c1-11(21)15-13(18)6-5-7-14(15)20-9-8-12(10-20)19-16(22)23-17(2,3)4/h5-7,12H,8-10H2,1-4H3,(H,19,22)/t12-/m1/s1. The van der Waals surface area contributed by atoms with Crippen molar-refractivity contribution < 1.29 is 18.7 Å². The van der Waals surface area contributed by atoms with Gasteiger partial charge in [0, 0.05) is 13.1 Å². The second-order valence-corrected chi connectivity index (χ2v) is 6.77. The number of hydrogen-bond acceptors (Lipinski definition) is 4. The monoisotopic (exact) mass is 322 g/mol. The predicted molar refractivity (Wildman–Crippen MR) is 86.4 cm³/mol. The predicted octanol–water partition coefficient (Wildman–Crippen LogP) is 3.13. The lowest BCUT2D eigenvalue weighted by Gasteiger charge is -2.23. The van der Waals surface area contributed by atoms with Crippen LogP contribution < -0.4 is 10.2 Å². The fourth-order valence-corrected chi connectivity index (χ4v) is 2.70. The number of amides is 1. The van der Waals surface area contributed by atoms with Gasteiger partial charge < -0.3 is 15.0 Å². The Morgan fingerprint density at radius 2 is 2.04 bits per heavy atom. The van der Waals surface area contributed by atoms with Gasteiger partial charge in [0.2, 0.25) is 0 Å². The van der Waals surface area contributed by atoms with E-state index >= 15 is 0 Å². The molecule has 0 unspecified atom stereocenters. The molecule has 23 heavy (non-hydrogen) atoms. The maximum atomic E-state index is 13.9. The van der Waals surface area contributed by atoms with E-state index in [1.54, 1.807) is 32.9 Å².